The minimum absolute atomic E-state index is 0.163. The second-order valence-electron chi connectivity index (χ2n) is 4.51. The smallest absolute Gasteiger partial charge is 0.257 e. The third-order valence-electron chi connectivity index (χ3n) is 3.10. The summed E-state index contributed by atoms with van der Waals surface area (Å²) in [6, 6.07) is 1.64. The van der Waals surface area contributed by atoms with Crippen LogP contribution >= 0.6 is 0 Å². The predicted octanol–water partition coefficient (Wildman–Crippen LogP) is -0.436. The van der Waals surface area contributed by atoms with Gasteiger partial charge in [0.15, 0.2) is 0 Å². The lowest BCUT2D eigenvalue weighted by Crippen LogP contribution is -2.52. The molecule has 2 rings (SSSR count). The molecule has 0 aliphatic carbocycles. The summed E-state index contributed by atoms with van der Waals surface area (Å²) >= 11 is 0. The Morgan fingerprint density at radius 1 is 1.26 bits per heavy atom. The Hall–Kier alpha value is -1.22. The Bertz CT molecular complexity index is 526. The zero-order chi connectivity index (χ0) is 13.9. The highest BCUT2D eigenvalue weighted by Gasteiger charge is 2.23. The summed E-state index contributed by atoms with van der Waals surface area (Å²) in [7, 11) is 0.117. The number of hydrogen-bond acceptors (Lipinski definition) is 6. The van der Waals surface area contributed by atoms with Gasteiger partial charge in [0.2, 0.25) is 0 Å². The van der Waals surface area contributed by atoms with Crippen molar-refractivity contribution in [1.29, 1.82) is 0 Å². The van der Waals surface area contributed by atoms with Crippen molar-refractivity contribution < 1.29 is 8.42 Å². The minimum Gasteiger partial charge on any atom is -0.387 e. The Morgan fingerprint density at radius 3 is 2.58 bits per heavy atom. The fraction of sp³-hybridized carbons (Fsp3) is 0.545. The van der Waals surface area contributed by atoms with Gasteiger partial charge in [-0.1, -0.05) is 0 Å². The van der Waals surface area contributed by atoms with Crippen LogP contribution in [0.25, 0.3) is 0 Å². The number of likely N-dealkylation sites (N-methyl/N-ethyl adjacent to an activating group) is 1. The molecule has 1 aliphatic heterocycles. The van der Waals surface area contributed by atoms with Gasteiger partial charge >= 0.3 is 0 Å². The topological polar surface area (TPSA) is 77.6 Å². The first kappa shape index (κ1) is 14.2. The van der Waals surface area contributed by atoms with Crippen molar-refractivity contribution in [2.24, 2.45) is 0 Å². The van der Waals surface area contributed by atoms with Crippen LogP contribution in [0.1, 0.15) is 0 Å². The van der Waals surface area contributed by atoms with Crippen molar-refractivity contribution in [2.45, 2.75) is 4.90 Å². The Balaban J connectivity index is 2.14. The Labute approximate surface area is 113 Å². The maximum atomic E-state index is 12.3. The third kappa shape index (κ3) is 3.41. The molecular weight excluding hydrogens is 266 g/mol. The normalized spacial score (nSPS) is 18.4. The van der Waals surface area contributed by atoms with Gasteiger partial charge in [-0.05, 0) is 13.1 Å². The van der Waals surface area contributed by atoms with Crippen molar-refractivity contribution >= 4 is 15.7 Å². The SMILES string of the molecule is CNc1ccncc1S(=O)(=O)NN1CCN(C)CC1. The third-order valence-corrected chi connectivity index (χ3v) is 4.50. The maximum absolute atomic E-state index is 12.3. The lowest BCUT2D eigenvalue weighted by Gasteiger charge is -2.32. The standard InChI is InChI=1S/C11H19N5O2S/c1-12-10-3-4-13-9-11(10)19(17,18)14-16-7-5-15(2)6-8-16/h3-4,9,14H,5-8H2,1-2H3,(H,12,13). The quantitative estimate of drug-likeness (QED) is 0.781. The van der Waals surface area contributed by atoms with Crippen LogP contribution in [0.15, 0.2) is 23.4 Å². The number of piperazine rings is 1. The fourth-order valence-electron chi connectivity index (χ4n) is 1.92. The molecule has 19 heavy (non-hydrogen) atoms. The monoisotopic (exact) mass is 285 g/mol. The molecule has 0 radical (unpaired) electrons. The zero-order valence-electron chi connectivity index (χ0n) is 11.1. The first-order valence-corrected chi connectivity index (χ1v) is 7.59. The van der Waals surface area contributed by atoms with E-state index in [1.165, 1.54) is 6.20 Å². The number of aromatic nitrogens is 1. The highest BCUT2D eigenvalue weighted by Crippen LogP contribution is 2.18. The van der Waals surface area contributed by atoms with E-state index in [-0.39, 0.29) is 4.90 Å². The van der Waals surface area contributed by atoms with Gasteiger partial charge in [-0.25, -0.2) is 13.4 Å². The molecule has 0 spiro atoms. The van der Waals surface area contributed by atoms with E-state index in [4.69, 9.17) is 0 Å². The second-order valence-corrected chi connectivity index (χ2v) is 6.14. The van der Waals surface area contributed by atoms with Crippen LogP contribution in [0.5, 0.6) is 0 Å². The van der Waals surface area contributed by atoms with Crippen molar-refractivity contribution in [2.75, 3.05) is 45.6 Å². The van der Waals surface area contributed by atoms with Crippen LogP contribution in [-0.4, -0.2) is 63.6 Å². The number of pyridine rings is 1. The highest BCUT2D eigenvalue weighted by molar-refractivity contribution is 7.89. The molecule has 1 aromatic rings. The first-order chi connectivity index (χ1) is 9.03. The molecule has 1 aliphatic rings. The van der Waals surface area contributed by atoms with Crippen molar-refractivity contribution in [3.8, 4) is 0 Å². The van der Waals surface area contributed by atoms with E-state index in [0.29, 0.717) is 18.8 Å². The van der Waals surface area contributed by atoms with E-state index < -0.39 is 10.0 Å². The van der Waals surface area contributed by atoms with Gasteiger partial charge in [0.05, 0.1) is 5.69 Å². The van der Waals surface area contributed by atoms with Gasteiger partial charge in [0.1, 0.15) is 4.90 Å². The number of rotatable bonds is 4. The van der Waals surface area contributed by atoms with Crippen LogP contribution in [0.3, 0.4) is 0 Å². The molecule has 0 amide bonds. The molecule has 1 fully saturated rings. The average Bonchev–Trinajstić information content (AvgIpc) is 2.41. The van der Waals surface area contributed by atoms with Crippen molar-refractivity contribution in [1.82, 2.24) is 19.7 Å². The summed E-state index contributed by atoms with van der Waals surface area (Å²) in [5, 5.41) is 4.58. The Kier molecular flexibility index (Phi) is 4.35. The molecule has 0 saturated carbocycles. The second kappa shape index (κ2) is 5.83. The predicted molar refractivity (Wildman–Crippen MR) is 73.2 cm³/mol. The molecule has 8 heteroatoms. The van der Waals surface area contributed by atoms with Gasteiger partial charge in [0.25, 0.3) is 10.0 Å². The average molecular weight is 285 g/mol. The number of nitrogens with one attached hydrogen (secondary N) is 2. The number of hydrazine groups is 1. The van der Waals surface area contributed by atoms with Gasteiger partial charge in [-0.2, -0.15) is 0 Å². The molecule has 2 heterocycles. The summed E-state index contributed by atoms with van der Waals surface area (Å²) in [6.45, 7) is 3.03. The molecule has 7 nitrogen and oxygen atoms in total. The largest absolute Gasteiger partial charge is 0.387 e. The summed E-state index contributed by atoms with van der Waals surface area (Å²) in [5.41, 5.74) is 0.539. The van der Waals surface area contributed by atoms with Crippen LogP contribution in [-0.2, 0) is 10.0 Å². The summed E-state index contributed by atoms with van der Waals surface area (Å²) in [5.74, 6) is 0. The number of anilines is 1. The molecule has 1 aromatic heterocycles. The van der Waals surface area contributed by atoms with Gasteiger partial charge in [-0.15, -0.1) is 4.83 Å². The number of sulfonamides is 1. The molecule has 0 atom stereocenters. The van der Waals surface area contributed by atoms with E-state index >= 15 is 0 Å². The molecular formula is C11H19N5O2S. The molecule has 1 saturated heterocycles. The van der Waals surface area contributed by atoms with Crippen LogP contribution in [0, 0.1) is 0 Å². The van der Waals surface area contributed by atoms with Gasteiger partial charge in [0, 0.05) is 45.6 Å². The lowest BCUT2D eigenvalue weighted by atomic mass is 10.4. The van der Waals surface area contributed by atoms with Gasteiger partial charge in [-0.3, -0.25) is 4.98 Å². The minimum atomic E-state index is -3.59. The van der Waals surface area contributed by atoms with E-state index in [1.54, 1.807) is 24.3 Å². The molecule has 0 unspecified atom stereocenters. The summed E-state index contributed by atoms with van der Waals surface area (Å²) in [6.07, 6.45) is 2.91. The first-order valence-electron chi connectivity index (χ1n) is 6.10. The van der Waals surface area contributed by atoms with Crippen LogP contribution in [0.4, 0.5) is 5.69 Å². The van der Waals surface area contributed by atoms with E-state index in [9.17, 15) is 8.42 Å². The summed E-state index contributed by atoms with van der Waals surface area (Å²) in [4.78, 5) is 8.81. The molecule has 0 bridgehead atoms. The van der Waals surface area contributed by atoms with E-state index in [1.807, 2.05) is 7.05 Å². The molecule has 2 N–H and O–H groups in total. The molecule has 106 valence electrons. The fourth-order valence-corrected chi connectivity index (χ4v) is 3.20. The zero-order valence-corrected chi connectivity index (χ0v) is 11.9. The number of nitrogens with zero attached hydrogens (tertiary/aromatic N) is 3. The van der Waals surface area contributed by atoms with Gasteiger partial charge < -0.3 is 10.2 Å². The summed E-state index contributed by atoms with van der Waals surface area (Å²) < 4.78 is 24.6. The van der Waals surface area contributed by atoms with E-state index in [2.05, 4.69) is 20.0 Å². The van der Waals surface area contributed by atoms with Crippen molar-refractivity contribution in [3.63, 3.8) is 0 Å². The van der Waals surface area contributed by atoms with Crippen molar-refractivity contribution in [3.05, 3.63) is 18.5 Å². The number of hydrogen-bond donors (Lipinski definition) is 2. The van der Waals surface area contributed by atoms with E-state index in [0.717, 1.165) is 13.1 Å². The maximum Gasteiger partial charge on any atom is 0.257 e. The molecule has 0 aromatic carbocycles. The lowest BCUT2D eigenvalue weighted by molar-refractivity contribution is 0.135. The Morgan fingerprint density at radius 2 is 1.95 bits per heavy atom. The van der Waals surface area contributed by atoms with Crippen LogP contribution in [0.2, 0.25) is 0 Å². The highest BCUT2D eigenvalue weighted by atomic mass is 32.2. The van der Waals surface area contributed by atoms with Crippen LogP contribution < -0.4 is 10.1 Å².